The molecule has 0 saturated carbocycles. The Kier molecular flexibility index (Phi) is 4.69. The predicted molar refractivity (Wildman–Crippen MR) is 98.6 cm³/mol. The minimum absolute atomic E-state index is 0.0513. The molecule has 1 saturated heterocycles. The van der Waals surface area contributed by atoms with Crippen LogP contribution in [0.2, 0.25) is 0 Å². The van der Waals surface area contributed by atoms with Crippen LogP contribution in [-0.2, 0) is 14.8 Å². The SMILES string of the molecule is CC(=O)N1CCCN(C2=NS(=O)(=O)C(c3ccc(C)cc3)=C2C)CC1. The van der Waals surface area contributed by atoms with Crippen LogP contribution in [0.4, 0.5) is 0 Å². The van der Waals surface area contributed by atoms with Crippen molar-refractivity contribution in [3.63, 3.8) is 0 Å². The first-order valence-electron chi connectivity index (χ1n) is 8.43. The Labute approximate surface area is 148 Å². The maximum Gasteiger partial charge on any atom is 0.285 e. The smallest absolute Gasteiger partial charge is 0.285 e. The van der Waals surface area contributed by atoms with E-state index in [1.165, 1.54) is 0 Å². The molecule has 0 N–H and O–H groups in total. The van der Waals surface area contributed by atoms with E-state index in [0.717, 1.165) is 12.0 Å². The average Bonchev–Trinajstić information content (AvgIpc) is 2.72. The molecular formula is C18H23N3O3S. The number of aryl methyl sites for hydroxylation is 1. The van der Waals surface area contributed by atoms with Gasteiger partial charge in [-0.3, -0.25) is 4.79 Å². The van der Waals surface area contributed by atoms with Crippen LogP contribution in [0.15, 0.2) is 34.2 Å². The number of nitrogens with zero attached hydrogens (tertiary/aromatic N) is 3. The number of hydrogen-bond acceptors (Lipinski definition) is 4. The second-order valence-electron chi connectivity index (χ2n) is 6.56. The van der Waals surface area contributed by atoms with Gasteiger partial charge in [-0.2, -0.15) is 8.42 Å². The number of sulfonamides is 1. The summed E-state index contributed by atoms with van der Waals surface area (Å²) in [6.07, 6.45) is 0.797. The average molecular weight is 361 g/mol. The Morgan fingerprint density at radius 1 is 1.04 bits per heavy atom. The second kappa shape index (κ2) is 6.63. The standard InChI is InChI=1S/C18H23N3O3S/c1-13-5-7-16(8-6-13)17-14(2)18(19-25(17,23)24)21-10-4-9-20(11-12-21)15(3)22/h5-8H,4,9-12H2,1-3H3. The Hall–Kier alpha value is -2.15. The van der Waals surface area contributed by atoms with Gasteiger partial charge >= 0.3 is 0 Å². The van der Waals surface area contributed by atoms with Crippen molar-refractivity contribution in [1.29, 1.82) is 0 Å². The predicted octanol–water partition coefficient (Wildman–Crippen LogP) is 2.02. The molecule has 2 heterocycles. The highest BCUT2D eigenvalue weighted by Gasteiger charge is 2.34. The van der Waals surface area contributed by atoms with Crippen LogP contribution in [-0.4, -0.2) is 56.1 Å². The van der Waals surface area contributed by atoms with Crippen LogP contribution in [0.1, 0.15) is 31.4 Å². The lowest BCUT2D eigenvalue weighted by molar-refractivity contribution is -0.128. The fraction of sp³-hybridized carbons (Fsp3) is 0.444. The summed E-state index contributed by atoms with van der Waals surface area (Å²) in [6.45, 7) is 7.90. The highest BCUT2D eigenvalue weighted by molar-refractivity contribution is 8.00. The minimum atomic E-state index is -3.70. The van der Waals surface area contributed by atoms with Crippen LogP contribution < -0.4 is 0 Å². The third kappa shape index (κ3) is 3.46. The molecule has 2 aliphatic heterocycles. The summed E-state index contributed by atoms with van der Waals surface area (Å²) in [5, 5.41) is 0. The number of carbonyl (C=O) groups excluding carboxylic acids is 1. The molecule has 2 aliphatic rings. The molecule has 0 unspecified atom stereocenters. The molecule has 25 heavy (non-hydrogen) atoms. The fourth-order valence-electron chi connectivity index (χ4n) is 3.33. The van der Waals surface area contributed by atoms with Crippen molar-refractivity contribution in [3.05, 3.63) is 41.0 Å². The molecule has 0 bridgehead atoms. The molecule has 134 valence electrons. The van der Waals surface area contributed by atoms with Crippen LogP contribution in [0.5, 0.6) is 0 Å². The van der Waals surface area contributed by atoms with Crippen molar-refractivity contribution in [3.8, 4) is 0 Å². The first kappa shape index (κ1) is 17.7. The molecule has 1 fully saturated rings. The van der Waals surface area contributed by atoms with E-state index < -0.39 is 10.0 Å². The number of hydrogen-bond donors (Lipinski definition) is 0. The lowest BCUT2D eigenvalue weighted by Gasteiger charge is -2.23. The summed E-state index contributed by atoms with van der Waals surface area (Å²) in [4.78, 5) is 15.6. The molecule has 0 radical (unpaired) electrons. The Morgan fingerprint density at radius 3 is 2.36 bits per heavy atom. The van der Waals surface area contributed by atoms with Crippen molar-refractivity contribution >= 4 is 26.7 Å². The molecule has 1 amide bonds. The lowest BCUT2D eigenvalue weighted by atomic mass is 10.1. The summed E-state index contributed by atoms with van der Waals surface area (Å²) in [6, 6.07) is 7.45. The summed E-state index contributed by atoms with van der Waals surface area (Å²) in [5.74, 6) is 0.566. The molecular weight excluding hydrogens is 338 g/mol. The second-order valence-corrected chi connectivity index (χ2v) is 8.10. The van der Waals surface area contributed by atoms with E-state index in [4.69, 9.17) is 0 Å². The van der Waals surface area contributed by atoms with Gasteiger partial charge in [0.15, 0.2) is 0 Å². The van der Waals surface area contributed by atoms with Gasteiger partial charge in [0.2, 0.25) is 5.91 Å². The van der Waals surface area contributed by atoms with Crippen molar-refractivity contribution in [2.75, 3.05) is 26.2 Å². The molecule has 0 atom stereocenters. The van der Waals surface area contributed by atoms with Crippen molar-refractivity contribution in [2.24, 2.45) is 4.40 Å². The largest absolute Gasteiger partial charge is 0.354 e. The zero-order valence-electron chi connectivity index (χ0n) is 14.8. The molecule has 6 nitrogen and oxygen atoms in total. The monoisotopic (exact) mass is 361 g/mol. The van der Waals surface area contributed by atoms with Crippen LogP contribution in [0.25, 0.3) is 4.91 Å². The third-order valence-electron chi connectivity index (χ3n) is 4.70. The number of benzene rings is 1. The lowest BCUT2D eigenvalue weighted by Crippen LogP contribution is -2.36. The molecule has 1 aromatic carbocycles. The van der Waals surface area contributed by atoms with E-state index in [1.807, 2.05) is 43.0 Å². The number of rotatable bonds is 1. The van der Waals surface area contributed by atoms with Gasteiger partial charge in [-0.25, -0.2) is 0 Å². The molecule has 1 aromatic rings. The van der Waals surface area contributed by atoms with Crippen molar-refractivity contribution < 1.29 is 13.2 Å². The molecule has 0 aliphatic carbocycles. The Balaban J connectivity index is 1.92. The Bertz CT molecular complexity index is 854. The highest BCUT2D eigenvalue weighted by Crippen LogP contribution is 2.33. The summed E-state index contributed by atoms with van der Waals surface area (Å²) >= 11 is 0. The van der Waals surface area contributed by atoms with E-state index in [9.17, 15) is 13.2 Å². The Morgan fingerprint density at radius 2 is 1.72 bits per heavy atom. The van der Waals surface area contributed by atoms with Crippen molar-refractivity contribution in [2.45, 2.75) is 27.2 Å². The quantitative estimate of drug-likeness (QED) is 0.767. The van der Waals surface area contributed by atoms with Crippen LogP contribution in [0, 0.1) is 6.92 Å². The van der Waals surface area contributed by atoms with Gasteiger partial charge in [0.25, 0.3) is 10.0 Å². The third-order valence-corrected chi connectivity index (χ3v) is 6.17. The van der Waals surface area contributed by atoms with Gasteiger partial charge in [-0.15, -0.1) is 4.40 Å². The maximum atomic E-state index is 12.6. The summed E-state index contributed by atoms with van der Waals surface area (Å²) < 4.78 is 29.3. The van der Waals surface area contributed by atoms with Crippen molar-refractivity contribution in [1.82, 2.24) is 9.80 Å². The van der Waals surface area contributed by atoms with E-state index >= 15 is 0 Å². The minimum Gasteiger partial charge on any atom is -0.354 e. The number of amidine groups is 1. The number of carbonyl (C=O) groups is 1. The van der Waals surface area contributed by atoms with E-state index in [2.05, 4.69) is 4.40 Å². The molecule has 0 aromatic heterocycles. The van der Waals surface area contributed by atoms with Crippen LogP contribution in [0.3, 0.4) is 0 Å². The zero-order valence-corrected chi connectivity index (χ0v) is 15.6. The highest BCUT2D eigenvalue weighted by atomic mass is 32.2. The first-order chi connectivity index (χ1) is 11.8. The topological polar surface area (TPSA) is 70.1 Å². The van der Waals surface area contributed by atoms with E-state index in [-0.39, 0.29) is 10.8 Å². The first-order valence-corrected chi connectivity index (χ1v) is 9.87. The van der Waals surface area contributed by atoms with E-state index in [0.29, 0.717) is 43.2 Å². The molecule has 0 spiro atoms. The van der Waals surface area contributed by atoms with Gasteiger partial charge < -0.3 is 9.80 Å². The van der Waals surface area contributed by atoms with E-state index in [1.54, 1.807) is 11.8 Å². The van der Waals surface area contributed by atoms with Gasteiger partial charge in [0.1, 0.15) is 10.7 Å². The van der Waals surface area contributed by atoms with Gasteiger partial charge in [0.05, 0.1) is 0 Å². The zero-order chi connectivity index (χ0) is 18.2. The fourth-order valence-corrected chi connectivity index (χ4v) is 4.82. The van der Waals surface area contributed by atoms with Crippen LogP contribution >= 0.6 is 0 Å². The maximum absolute atomic E-state index is 12.6. The normalized spacial score (nSPS) is 20.5. The summed E-state index contributed by atoms with van der Waals surface area (Å²) in [5.41, 5.74) is 2.43. The van der Waals surface area contributed by atoms with Gasteiger partial charge in [-0.1, -0.05) is 29.8 Å². The molecule has 7 heteroatoms. The number of amides is 1. The van der Waals surface area contributed by atoms with Gasteiger partial charge in [0, 0.05) is 38.7 Å². The molecule has 3 rings (SSSR count). The summed E-state index contributed by atoms with van der Waals surface area (Å²) in [7, 11) is -3.70. The van der Waals surface area contributed by atoms with Gasteiger partial charge in [-0.05, 0) is 25.8 Å².